The van der Waals surface area contributed by atoms with Gasteiger partial charge in [0.2, 0.25) is 17.7 Å². The summed E-state index contributed by atoms with van der Waals surface area (Å²) in [5, 5.41) is 9.41. The van der Waals surface area contributed by atoms with Crippen LogP contribution >= 0.6 is 11.8 Å². The van der Waals surface area contributed by atoms with E-state index < -0.39 is 27.4 Å². The monoisotopic (exact) mass is 567 g/mol. The molecule has 1 spiro atoms. The van der Waals surface area contributed by atoms with Crippen molar-refractivity contribution in [1.82, 2.24) is 9.80 Å². The molecule has 0 saturated carbocycles. The van der Waals surface area contributed by atoms with Gasteiger partial charge in [-0.25, -0.2) is 0 Å². The minimum absolute atomic E-state index is 0.0352. The first-order valence-corrected chi connectivity index (χ1v) is 15.4. The highest BCUT2D eigenvalue weighted by molar-refractivity contribution is 8.02. The first-order chi connectivity index (χ1) is 19.3. The van der Waals surface area contributed by atoms with Crippen molar-refractivity contribution in [2.75, 3.05) is 44.3 Å². The number of thioether (sulfide) groups is 1. The lowest BCUT2D eigenvalue weighted by Crippen LogP contribution is -2.53. The van der Waals surface area contributed by atoms with Crippen LogP contribution in [0.1, 0.15) is 46.5 Å². The molecule has 8 nitrogen and oxygen atoms in total. The summed E-state index contributed by atoms with van der Waals surface area (Å²) in [6.07, 6.45) is 11.2. The molecule has 2 saturated heterocycles. The Morgan fingerprint density at radius 1 is 0.925 bits per heavy atom. The number of hydrogen-bond donors (Lipinski definition) is 1. The van der Waals surface area contributed by atoms with E-state index in [2.05, 4.69) is 19.1 Å². The summed E-state index contributed by atoms with van der Waals surface area (Å²) < 4.78 is 4.11. The van der Waals surface area contributed by atoms with Gasteiger partial charge in [0.05, 0.1) is 23.2 Å². The predicted octanol–water partition coefficient (Wildman–Crippen LogP) is 3.65. The zero-order valence-electron chi connectivity index (χ0n) is 23.8. The molecule has 1 N–H and O–H groups in total. The number of carbonyl (C=O) groups excluding carboxylic acids is 3. The van der Waals surface area contributed by atoms with Gasteiger partial charge in [-0.15, -0.1) is 11.8 Å². The van der Waals surface area contributed by atoms with E-state index in [4.69, 9.17) is 4.74 Å². The number of rotatable bonds is 10. The second kappa shape index (κ2) is 11.6. The summed E-state index contributed by atoms with van der Waals surface area (Å²) in [4.78, 5) is 48.4. The van der Waals surface area contributed by atoms with Crippen molar-refractivity contribution in [1.29, 1.82) is 0 Å². The van der Waals surface area contributed by atoms with E-state index in [0.717, 1.165) is 24.3 Å². The van der Waals surface area contributed by atoms with Gasteiger partial charge in [0.1, 0.15) is 11.8 Å². The number of hydrogen-bond acceptors (Lipinski definition) is 6. The maximum absolute atomic E-state index is 14.5. The second-order valence-electron chi connectivity index (χ2n) is 11.3. The SMILES string of the molecule is CCCCN1CC=C[C@]23S[C@@]4(C)C=CCN(c5ccc(OCC)cc5)C(=O)[C@H]4[C@H]2C(=O)N(CCCCO)C3C1=O. The Morgan fingerprint density at radius 3 is 2.38 bits per heavy atom. The Labute approximate surface area is 241 Å². The maximum Gasteiger partial charge on any atom is 0.247 e. The summed E-state index contributed by atoms with van der Waals surface area (Å²) in [7, 11) is 0. The first-order valence-electron chi connectivity index (χ1n) is 14.6. The molecule has 3 amide bonds. The third-order valence-electron chi connectivity index (χ3n) is 8.69. The van der Waals surface area contributed by atoms with Crippen LogP contribution in [0.5, 0.6) is 5.75 Å². The van der Waals surface area contributed by atoms with Crippen molar-refractivity contribution in [2.24, 2.45) is 11.8 Å². The molecule has 40 heavy (non-hydrogen) atoms. The Bertz CT molecular complexity index is 1190. The number of ether oxygens (including phenoxy) is 1. The van der Waals surface area contributed by atoms with E-state index in [1.54, 1.807) is 21.6 Å². The molecule has 0 bridgehead atoms. The third kappa shape index (κ3) is 4.75. The molecule has 5 atom stereocenters. The molecule has 9 heteroatoms. The van der Waals surface area contributed by atoms with Crippen LogP contribution in [0, 0.1) is 11.8 Å². The number of likely N-dealkylation sites (tertiary alicyclic amines) is 1. The van der Waals surface area contributed by atoms with Crippen molar-refractivity contribution < 1.29 is 24.2 Å². The lowest BCUT2D eigenvalue weighted by molar-refractivity contribution is -0.142. The van der Waals surface area contributed by atoms with Crippen LogP contribution in [0.2, 0.25) is 0 Å². The zero-order chi connectivity index (χ0) is 28.5. The molecule has 4 aliphatic rings. The van der Waals surface area contributed by atoms with Gasteiger partial charge in [0, 0.05) is 43.2 Å². The second-order valence-corrected chi connectivity index (χ2v) is 13.1. The number of nitrogens with zero attached hydrogens (tertiary/aromatic N) is 3. The van der Waals surface area contributed by atoms with Gasteiger partial charge in [-0.05, 0) is 57.4 Å². The fraction of sp³-hybridized carbons (Fsp3) is 0.581. The number of carbonyl (C=O) groups is 3. The van der Waals surface area contributed by atoms with Crippen LogP contribution in [-0.4, -0.2) is 87.6 Å². The number of fused-ring (bicyclic) bond motifs is 2. The molecule has 1 aromatic rings. The van der Waals surface area contributed by atoms with Gasteiger partial charge in [0.25, 0.3) is 0 Å². The molecule has 0 aliphatic carbocycles. The van der Waals surface area contributed by atoms with Crippen molar-refractivity contribution >= 4 is 35.2 Å². The van der Waals surface area contributed by atoms with E-state index >= 15 is 0 Å². The van der Waals surface area contributed by atoms with Crippen LogP contribution in [-0.2, 0) is 14.4 Å². The minimum Gasteiger partial charge on any atom is -0.494 e. The fourth-order valence-corrected chi connectivity index (χ4v) is 9.03. The Morgan fingerprint density at radius 2 is 1.68 bits per heavy atom. The normalized spacial score (nSPS) is 31.2. The summed E-state index contributed by atoms with van der Waals surface area (Å²) >= 11 is 1.61. The quantitative estimate of drug-likeness (QED) is 0.343. The van der Waals surface area contributed by atoms with Crippen LogP contribution in [0.4, 0.5) is 5.69 Å². The Balaban J connectivity index is 1.55. The lowest BCUT2D eigenvalue weighted by Gasteiger charge is -2.37. The third-order valence-corrected chi connectivity index (χ3v) is 10.5. The van der Waals surface area contributed by atoms with Crippen LogP contribution in [0.3, 0.4) is 0 Å². The number of aliphatic hydroxyl groups is 1. The fourth-order valence-electron chi connectivity index (χ4n) is 6.87. The Kier molecular flexibility index (Phi) is 8.34. The van der Waals surface area contributed by atoms with Crippen LogP contribution < -0.4 is 9.64 Å². The van der Waals surface area contributed by atoms with Gasteiger partial charge < -0.3 is 24.5 Å². The number of aliphatic hydroxyl groups excluding tert-OH is 1. The summed E-state index contributed by atoms with van der Waals surface area (Å²) in [5.74, 6) is -0.802. The molecule has 1 unspecified atom stereocenters. The number of unbranched alkanes of at least 4 members (excludes halogenated alkanes) is 2. The number of benzene rings is 1. The van der Waals surface area contributed by atoms with Crippen LogP contribution in [0.15, 0.2) is 48.6 Å². The summed E-state index contributed by atoms with van der Waals surface area (Å²) in [6, 6.07) is 6.83. The van der Waals surface area contributed by atoms with Crippen molar-refractivity contribution in [3.05, 3.63) is 48.6 Å². The molecular weight excluding hydrogens is 526 g/mol. The molecule has 0 radical (unpaired) electrons. The zero-order valence-corrected chi connectivity index (χ0v) is 24.6. The van der Waals surface area contributed by atoms with Crippen molar-refractivity contribution in [3.63, 3.8) is 0 Å². The largest absolute Gasteiger partial charge is 0.494 e. The molecule has 216 valence electrons. The minimum atomic E-state index is -0.838. The average Bonchev–Trinajstić information content (AvgIpc) is 3.20. The number of amides is 3. The van der Waals surface area contributed by atoms with E-state index in [1.165, 1.54) is 0 Å². The summed E-state index contributed by atoms with van der Waals surface area (Å²) in [6.45, 7) is 8.63. The highest BCUT2D eigenvalue weighted by Crippen LogP contribution is 2.65. The molecule has 4 aliphatic heterocycles. The first kappa shape index (κ1) is 28.7. The highest BCUT2D eigenvalue weighted by atomic mass is 32.2. The van der Waals surface area contributed by atoms with Crippen LogP contribution in [0.25, 0.3) is 0 Å². The van der Waals surface area contributed by atoms with E-state index in [9.17, 15) is 19.5 Å². The smallest absolute Gasteiger partial charge is 0.247 e. The topological polar surface area (TPSA) is 90.4 Å². The molecular formula is C31H41N3O5S. The number of anilines is 1. The molecule has 2 fully saturated rings. The molecule has 1 aromatic carbocycles. The van der Waals surface area contributed by atoms with E-state index in [0.29, 0.717) is 45.6 Å². The maximum atomic E-state index is 14.5. The van der Waals surface area contributed by atoms with Gasteiger partial charge in [-0.2, -0.15) is 0 Å². The molecule has 0 aromatic heterocycles. The average molecular weight is 568 g/mol. The highest BCUT2D eigenvalue weighted by Gasteiger charge is 2.73. The predicted molar refractivity (Wildman–Crippen MR) is 157 cm³/mol. The van der Waals surface area contributed by atoms with Crippen molar-refractivity contribution in [2.45, 2.75) is 62.0 Å². The van der Waals surface area contributed by atoms with Gasteiger partial charge in [0.15, 0.2) is 0 Å². The van der Waals surface area contributed by atoms with Crippen molar-refractivity contribution in [3.8, 4) is 5.75 Å². The lowest BCUT2D eigenvalue weighted by atomic mass is 9.74. The van der Waals surface area contributed by atoms with E-state index in [1.807, 2.05) is 55.2 Å². The van der Waals surface area contributed by atoms with Gasteiger partial charge >= 0.3 is 0 Å². The van der Waals surface area contributed by atoms with Gasteiger partial charge in [-0.1, -0.05) is 37.6 Å². The standard InChI is InChI=1S/C31H41N3O5S/c1-4-6-17-32-18-10-16-31-25(28(37)34(19-7-8-21-35)26(31)29(32)38)24-27(36)33(20-9-15-30(24,3)40-31)22-11-13-23(14-12-22)39-5-2/h9-16,24-26,35H,4-8,17-21H2,1-3H3/t24-,25+,26?,30+,31+/m1/s1. The molecule has 5 rings (SSSR count). The molecule has 4 heterocycles. The van der Waals surface area contributed by atoms with Gasteiger partial charge in [-0.3, -0.25) is 14.4 Å². The summed E-state index contributed by atoms with van der Waals surface area (Å²) in [5.41, 5.74) is 0.758. The van der Waals surface area contributed by atoms with E-state index in [-0.39, 0.29) is 24.3 Å². The Hall–Kier alpha value is -2.78.